The van der Waals surface area contributed by atoms with Gasteiger partial charge in [-0.1, -0.05) is 122 Å². The van der Waals surface area contributed by atoms with E-state index in [2.05, 4.69) is 41.7 Å². The Kier molecular flexibility index (Phi) is 45.0. The monoisotopic (exact) mass is 1840 g/mol. The van der Waals surface area contributed by atoms with Gasteiger partial charge < -0.3 is 89.7 Å². The number of hydrogen-bond acceptors (Lipinski definition) is 23. The van der Waals surface area contributed by atoms with Crippen molar-refractivity contribution in [1.29, 1.82) is 0 Å². The van der Waals surface area contributed by atoms with Crippen molar-refractivity contribution in [3.63, 3.8) is 0 Å². The SMILES string of the molecule is CCN(CC)c1ccc2cc(C(=O)NCCCC[C@H](CC(=O)[C@H](CCCCN)NC(=O)[C@@H](CC(=O)[C@H](CCCCN)NC(=O)OCC3c4ccccc4-c4ccccc43)Cc3ccccc3)C(N)=O)c(=O)oc2c1.CCN(CC)c1ccc2cc(C(=O)NCCCC[C@H](CC(=O)[C@H](CCCCN)NC(=O)[C@@H](CC(=O)[C@H](CCCCN)NC(C)=O)Cc3ccccc3)C(N)=O)c(=O)oc2c1. The van der Waals surface area contributed by atoms with E-state index in [1.54, 1.807) is 12.1 Å². The molecule has 31 nitrogen and oxygen atoms in total. The van der Waals surface area contributed by atoms with E-state index in [-0.39, 0.29) is 136 Å². The van der Waals surface area contributed by atoms with Gasteiger partial charge in [0.1, 0.15) is 28.9 Å². The van der Waals surface area contributed by atoms with Crippen molar-refractivity contribution >= 4 is 104 Å². The maximum Gasteiger partial charge on any atom is 0.407 e. The first-order valence-corrected chi connectivity index (χ1v) is 47.5. The van der Waals surface area contributed by atoms with Gasteiger partial charge >= 0.3 is 17.3 Å². The first-order valence-electron chi connectivity index (χ1n) is 47.5. The number of rotatable bonds is 60. The van der Waals surface area contributed by atoms with Crippen LogP contribution in [0.15, 0.2) is 176 Å². The molecule has 8 atom stereocenters. The number of amides is 8. The average Bonchev–Trinajstić information content (AvgIpc) is 1.60. The molecule has 0 bridgehead atoms. The Morgan fingerprint density at radius 3 is 1.07 bits per heavy atom. The highest BCUT2D eigenvalue weighted by Gasteiger charge is 2.36. The number of hydrogen-bond donors (Lipinski definition) is 12. The zero-order valence-electron chi connectivity index (χ0n) is 78.3. The molecule has 8 aromatic rings. The van der Waals surface area contributed by atoms with Gasteiger partial charge in [0, 0.05) is 136 Å². The van der Waals surface area contributed by atoms with E-state index in [0.717, 1.165) is 70.9 Å². The van der Waals surface area contributed by atoms with E-state index >= 15 is 0 Å². The molecule has 0 saturated carbocycles. The van der Waals surface area contributed by atoms with E-state index in [4.69, 9.17) is 48.0 Å². The molecular formula is C103H138N14O17. The Balaban J connectivity index is 0.000000338. The van der Waals surface area contributed by atoms with Crippen LogP contribution in [0, 0.1) is 23.7 Å². The Morgan fingerprint density at radius 1 is 0.388 bits per heavy atom. The number of Topliss-reactive ketones (excluding diaryl/α,β-unsaturated/α-hetero) is 4. The molecule has 0 saturated heterocycles. The predicted molar refractivity (Wildman–Crippen MR) is 521 cm³/mol. The molecule has 0 radical (unpaired) electrons. The summed E-state index contributed by atoms with van der Waals surface area (Å²) in [5.74, 6) is -8.94. The third-order valence-corrected chi connectivity index (χ3v) is 24.7. The molecule has 0 unspecified atom stereocenters. The van der Waals surface area contributed by atoms with E-state index < -0.39 is 101 Å². The van der Waals surface area contributed by atoms with Crippen LogP contribution >= 0.6 is 0 Å². The fourth-order valence-corrected chi connectivity index (χ4v) is 17.1. The van der Waals surface area contributed by atoms with Gasteiger partial charge in [-0.05, 0) is 239 Å². The van der Waals surface area contributed by atoms with Crippen molar-refractivity contribution in [3.8, 4) is 11.1 Å². The minimum Gasteiger partial charge on any atom is -0.449 e. The number of fused-ring (bicyclic) bond motifs is 5. The van der Waals surface area contributed by atoms with Crippen LogP contribution in [-0.4, -0.2) is 167 Å². The summed E-state index contributed by atoms with van der Waals surface area (Å²) < 4.78 is 16.8. The summed E-state index contributed by atoms with van der Waals surface area (Å²) >= 11 is 0. The van der Waals surface area contributed by atoms with Crippen molar-refractivity contribution in [2.75, 3.05) is 81.9 Å². The van der Waals surface area contributed by atoms with E-state index in [1.807, 2.05) is 161 Å². The molecule has 0 spiro atoms. The molecule has 8 amide bonds. The second kappa shape index (κ2) is 56.4. The normalized spacial score (nSPS) is 13.3. The van der Waals surface area contributed by atoms with Crippen LogP contribution in [-0.2, 0) is 60.7 Å². The van der Waals surface area contributed by atoms with Crippen molar-refractivity contribution in [1.82, 2.24) is 31.9 Å². The van der Waals surface area contributed by atoms with Gasteiger partial charge in [-0.2, -0.15) is 0 Å². The third-order valence-electron chi connectivity index (χ3n) is 24.7. The lowest BCUT2D eigenvalue weighted by Crippen LogP contribution is -2.47. The largest absolute Gasteiger partial charge is 0.449 e. The second-order valence-corrected chi connectivity index (χ2v) is 34.4. The van der Waals surface area contributed by atoms with Crippen LogP contribution in [0.3, 0.4) is 0 Å². The number of nitrogens with zero attached hydrogens (tertiary/aromatic N) is 2. The molecule has 31 heteroatoms. The smallest absolute Gasteiger partial charge is 0.407 e. The van der Waals surface area contributed by atoms with Crippen molar-refractivity contribution < 1.29 is 71.1 Å². The van der Waals surface area contributed by atoms with Crippen LogP contribution in [0.2, 0.25) is 0 Å². The molecule has 0 fully saturated rings. The van der Waals surface area contributed by atoms with Gasteiger partial charge in [-0.3, -0.25) is 52.7 Å². The minimum absolute atomic E-state index is 0.0592. The highest BCUT2D eigenvalue weighted by atomic mass is 16.5. The number of nitrogens with two attached hydrogens (primary N) is 6. The lowest BCUT2D eigenvalue weighted by molar-refractivity contribution is -0.134. The van der Waals surface area contributed by atoms with Gasteiger partial charge in [0.05, 0.1) is 24.2 Å². The number of alkyl carbamates (subject to hydrolysis) is 1. The van der Waals surface area contributed by atoms with Crippen LogP contribution in [0.5, 0.6) is 0 Å². The molecule has 6 aromatic carbocycles. The number of benzene rings is 6. The average molecular weight is 1840 g/mol. The Morgan fingerprint density at radius 2 is 0.724 bits per heavy atom. The van der Waals surface area contributed by atoms with Gasteiger partial charge in [0.15, 0.2) is 23.1 Å². The Hall–Kier alpha value is -12.6. The number of anilines is 2. The fraction of sp³-hybridized carbons (Fsp3) is 0.476. The van der Waals surface area contributed by atoms with E-state index in [0.29, 0.717) is 132 Å². The first-order chi connectivity index (χ1) is 64.7. The summed E-state index contributed by atoms with van der Waals surface area (Å²) in [7, 11) is 0. The predicted octanol–water partition coefficient (Wildman–Crippen LogP) is 10.7. The second-order valence-electron chi connectivity index (χ2n) is 34.4. The number of nitrogens with one attached hydrogen (secondary N) is 6. The summed E-state index contributed by atoms with van der Waals surface area (Å²) in [6.07, 6.45) is 6.89. The van der Waals surface area contributed by atoms with E-state index in [9.17, 15) is 67.1 Å². The summed E-state index contributed by atoms with van der Waals surface area (Å²) in [6.45, 7) is 14.7. The Labute approximate surface area is 784 Å². The van der Waals surface area contributed by atoms with Crippen LogP contribution in [0.1, 0.15) is 225 Å². The van der Waals surface area contributed by atoms with Gasteiger partial charge in [0.25, 0.3) is 11.8 Å². The summed E-state index contributed by atoms with van der Waals surface area (Å²) in [4.78, 5) is 191. The molecule has 722 valence electrons. The highest BCUT2D eigenvalue weighted by molar-refractivity contribution is 6.00. The molecule has 2 aromatic heterocycles. The molecule has 1 aliphatic rings. The van der Waals surface area contributed by atoms with Gasteiger partial charge in [0.2, 0.25) is 29.5 Å². The highest BCUT2D eigenvalue weighted by Crippen LogP contribution is 2.45. The van der Waals surface area contributed by atoms with Crippen molar-refractivity contribution in [2.45, 2.75) is 219 Å². The number of unbranched alkanes of at least 4 members (excludes halogenated alkanes) is 6. The number of carbonyl (C=O) groups excluding carboxylic acids is 12. The third kappa shape index (κ3) is 33.3. The maximum absolute atomic E-state index is 14.4. The number of primary amides is 2. The van der Waals surface area contributed by atoms with E-state index in [1.165, 1.54) is 19.1 Å². The van der Waals surface area contributed by atoms with Crippen LogP contribution in [0.25, 0.3) is 33.1 Å². The molecule has 1 aliphatic carbocycles. The molecular weight excluding hydrogens is 1710 g/mol. The van der Waals surface area contributed by atoms with Crippen molar-refractivity contribution in [3.05, 3.63) is 212 Å². The molecule has 2 heterocycles. The molecule has 0 aliphatic heterocycles. The molecule has 134 heavy (non-hydrogen) atoms. The lowest BCUT2D eigenvalue weighted by Gasteiger charge is -2.25. The summed E-state index contributed by atoms with van der Waals surface area (Å²) in [5, 5.41) is 18.1. The fourth-order valence-electron chi connectivity index (χ4n) is 17.1. The van der Waals surface area contributed by atoms with Gasteiger partial charge in [-0.25, -0.2) is 14.4 Å². The number of ketones is 4. The van der Waals surface area contributed by atoms with Crippen LogP contribution < -0.4 is 87.4 Å². The minimum atomic E-state index is -1.000. The van der Waals surface area contributed by atoms with Crippen molar-refractivity contribution in [2.24, 2.45) is 58.1 Å². The van der Waals surface area contributed by atoms with Gasteiger partial charge in [-0.15, -0.1) is 0 Å². The number of ether oxygens (including phenoxy) is 1. The molecule has 18 N–H and O–H groups in total. The topological polar surface area (TPSA) is 509 Å². The standard InChI is InChI=1S/C58H73N7O9.C45H65N7O8/c1-3-65(4-2)42-28-27-39-33-47(57(71)74-53(39)36-42)56(70)62-31-17-14-20-40(54(61)68)34-51(66)49(25-12-15-29-59)63-55(69)41(32-38-18-6-5-7-19-38)35-52(67)50(26-13-16-30-60)64-58(72)73-37-48-45-23-10-8-21-43(45)44-22-9-11-24-46(44)48;1-4-52(5-2)35-21-20-32-26-36(45(59)60-41(32)29-35)44(58)49-24-14-11-17-33(42(48)56)27-39(54)38(19-10-13-23-47)51-43(57)34(25-31-15-7-6-8-16-31)28-40(55)37(50-30(3)53)18-9-12-22-46/h5-11,18-19,21-24,27-28,33,36,40-41,48-50H,3-4,12-17,20,25-26,29-32,34-35,37,59-60H2,1-2H3,(H2,61,68)(H,62,70)(H,63,69)(H,64,72);6-8,15-16,20-21,26,29,33-34,37-38H,4-5,9-14,17-19,22-25,27-28,46-47H2,1-3H3,(H2,48,56)(H,49,58)(H,50,53)(H,51,57)/t40-,41-,49+,50+;33-,34-,37+,38+/m11/s1. The Bertz CT molecular complexity index is 5290. The summed E-state index contributed by atoms with van der Waals surface area (Å²) in [5.41, 5.74) is 41.3. The molecule has 9 rings (SSSR count). The first kappa shape index (κ1) is 107. The summed E-state index contributed by atoms with van der Waals surface area (Å²) in [6, 6.07) is 44.8. The zero-order valence-corrected chi connectivity index (χ0v) is 78.3. The van der Waals surface area contributed by atoms with Crippen LogP contribution in [0.4, 0.5) is 16.2 Å². The maximum atomic E-state index is 14.4. The number of carbonyl (C=O) groups is 12. The lowest BCUT2D eigenvalue weighted by atomic mass is 9.88. The zero-order chi connectivity index (χ0) is 97.0. The quantitative estimate of drug-likeness (QED) is 0.0124.